The highest BCUT2D eigenvalue weighted by Gasteiger charge is 2.24. The number of benzene rings is 1. The number of carbonyl (C=O) groups is 1. The van der Waals surface area contributed by atoms with Crippen LogP contribution in [-0.2, 0) is 4.79 Å². The van der Waals surface area contributed by atoms with Gasteiger partial charge in [0.15, 0.2) is 0 Å². The van der Waals surface area contributed by atoms with Gasteiger partial charge in [0.25, 0.3) is 0 Å². The van der Waals surface area contributed by atoms with Gasteiger partial charge >= 0.3 is 0 Å². The van der Waals surface area contributed by atoms with Crippen molar-refractivity contribution in [3.8, 4) is 0 Å². The summed E-state index contributed by atoms with van der Waals surface area (Å²) in [5.41, 5.74) is 1.33. The van der Waals surface area contributed by atoms with Crippen molar-refractivity contribution >= 4 is 11.6 Å². The van der Waals surface area contributed by atoms with Crippen LogP contribution in [0.5, 0.6) is 0 Å². The molecular weight excluding hydrogens is 274 g/mol. The van der Waals surface area contributed by atoms with Gasteiger partial charge in [0.2, 0.25) is 5.91 Å². The summed E-state index contributed by atoms with van der Waals surface area (Å²) in [6.07, 6.45) is 4.47. The van der Waals surface area contributed by atoms with E-state index in [4.69, 9.17) is 0 Å². The number of piperazine rings is 1. The largest absolute Gasteiger partial charge is 0.369 e. The summed E-state index contributed by atoms with van der Waals surface area (Å²) in [4.78, 5) is 16.7. The van der Waals surface area contributed by atoms with Gasteiger partial charge in [-0.25, -0.2) is 0 Å². The van der Waals surface area contributed by atoms with Crippen LogP contribution in [0.15, 0.2) is 30.3 Å². The van der Waals surface area contributed by atoms with Gasteiger partial charge in [-0.15, -0.1) is 0 Å². The Kier molecular flexibility index (Phi) is 5.33. The van der Waals surface area contributed by atoms with Crippen molar-refractivity contribution in [3.05, 3.63) is 30.3 Å². The first-order valence-electron chi connectivity index (χ1n) is 8.63. The summed E-state index contributed by atoms with van der Waals surface area (Å²) < 4.78 is 0. The van der Waals surface area contributed by atoms with Gasteiger partial charge in [-0.05, 0) is 37.9 Å². The highest BCUT2D eigenvalue weighted by molar-refractivity contribution is 5.79. The Morgan fingerprint density at radius 1 is 1.09 bits per heavy atom. The molecule has 1 aliphatic carbocycles. The summed E-state index contributed by atoms with van der Waals surface area (Å²) in [6, 6.07) is 10.6. The fourth-order valence-corrected chi connectivity index (χ4v) is 3.20. The zero-order valence-electron chi connectivity index (χ0n) is 13.3. The molecule has 0 aromatic heterocycles. The average Bonchev–Trinajstić information content (AvgIpc) is 2.51. The van der Waals surface area contributed by atoms with Crippen LogP contribution in [0.3, 0.4) is 0 Å². The van der Waals surface area contributed by atoms with Gasteiger partial charge in [-0.1, -0.05) is 24.6 Å². The minimum absolute atomic E-state index is 0.278. The molecule has 1 heterocycles. The minimum atomic E-state index is 0.278. The van der Waals surface area contributed by atoms with Gasteiger partial charge in [-0.2, -0.15) is 0 Å². The molecule has 0 bridgehead atoms. The number of carbonyl (C=O) groups excluding carboxylic acids is 1. The maximum atomic E-state index is 11.7. The maximum Gasteiger partial charge on any atom is 0.223 e. The van der Waals surface area contributed by atoms with Crippen molar-refractivity contribution in [1.82, 2.24) is 10.2 Å². The number of nitrogens with one attached hydrogen (secondary N) is 1. The van der Waals surface area contributed by atoms with E-state index in [1.165, 1.54) is 12.1 Å². The van der Waals surface area contributed by atoms with E-state index in [0.29, 0.717) is 5.92 Å². The number of anilines is 1. The van der Waals surface area contributed by atoms with Crippen LogP contribution in [-0.4, -0.2) is 50.1 Å². The number of nitrogens with zero attached hydrogens (tertiary/aromatic N) is 2. The second-order valence-corrected chi connectivity index (χ2v) is 6.44. The van der Waals surface area contributed by atoms with E-state index in [2.05, 4.69) is 45.4 Å². The molecule has 0 spiro atoms. The zero-order chi connectivity index (χ0) is 15.2. The van der Waals surface area contributed by atoms with Gasteiger partial charge in [0.05, 0.1) is 0 Å². The standard InChI is InChI=1S/C18H27N3O/c22-18(16-6-4-7-16)19-10-5-11-20-12-14-21(15-13-20)17-8-2-1-3-9-17/h1-3,8-9,16H,4-7,10-15H2,(H,19,22). The molecule has 0 unspecified atom stereocenters. The fourth-order valence-electron chi connectivity index (χ4n) is 3.20. The third-order valence-corrected chi connectivity index (χ3v) is 4.92. The summed E-state index contributed by atoms with van der Waals surface area (Å²) in [6.45, 7) is 6.34. The average molecular weight is 301 g/mol. The highest BCUT2D eigenvalue weighted by atomic mass is 16.1. The summed E-state index contributed by atoms with van der Waals surface area (Å²) >= 11 is 0. The smallest absolute Gasteiger partial charge is 0.223 e. The first-order valence-corrected chi connectivity index (χ1v) is 8.63. The molecule has 1 aromatic rings. The van der Waals surface area contributed by atoms with Gasteiger partial charge in [0, 0.05) is 44.3 Å². The quantitative estimate of drug-likeness (QED) is 0.818. The minimum Gasteiger partial charge on any atom is -0.369 e. The van der Waals surface area contributed by atoms with E-state index in [0.717, 1.165) is 58.5 Å². The van der Waals surface area contributed by atoms with Crippen molar-refractivity contribution < 1.29 is 4.79 Å². The lowest BCUT2D eigenvalue weighted by molar-refractivity contribution is -0.127. The molecule has 0 radical (unpaired) electrons. The molecule has 1 amide bonds. The molecule has 1 saturated heterocycles. The molecule has 1 aromatic carbocycles. The van der Waals surface area contributed by atoms with Gasteiger partial charge < -0.3 is 10.2 Å². The van der Waals surface area contributed by atoms with E-state index < -0.39 is 0 Å². The topological polar surface area (TPSA) is 35.6 Å². The van der Waals surface area contributed by atoms with Crippen molar-refractivity contribution in [2.75, 3.05) is 44.2 Å². The van der Waals surface area contributed by atoms with Crippen LogP contribution >= 0.6 is 0 Å². The number of hydrogen-bond acceptors (Lipinski definition) is 3. The fraction of sp³-hybridized carbons (Fsp3) is 0.611. The normalized spacial score (nSPS) is 19.7. The van der Waals surface area contributed by atoms with Crippen molar-refractivity contribution in [1.29, 1.82) is 0 Å². The Labute approximate surface area is 133 Å². The molecule has 120 valence electrons. The Balaban J connectivity index is 1.30. The first-order chi connectivity index (χ1) is 10.8. The molecule has 1 aliphatic heterocycles. The van der Waals surface area contributed by atoms with E-state index in [1.54, 1.807) is 0 Å². The number of rotatable bonds is 6. The van der Waals surface area contributed by atoms with Gasteiger partial charge in [0.1, 0.15) is 0 Å². The molecule has 2 fully saturated rings. The molecule has 1 saturated carbocycles. The van der Waals surface area contributed by atoms with E-state index in [1.807, 2.05) is 0 Å². The number of amides is 1. The van der Waals surface area contributed by atoms with Crippen LogP contribution in [0.2, 0.25) is 0 Å². The molecule has 2 aliphatic rings. The summed E-state index contributed by atoms with van der Waals surface area (Å²) in [5, 5.41) is 3.08. The predicted molar refractivity (Wildman–Crippen MR) is 90.1 cm³/mol. The van der Waals surface area contributed by atoms with E-state index >= 15 is 0 Å². The van der Waals surface area contributed by atoms with Crippen molar-refractivity contribution in [2.45, 2.75) is 25.7 Å². The van der Waals surface area contributed by atoms with Crippen LogP contribution in [0, 0.1) is 5.92 Å². The highest BCUT2D eigenvalue weighted by Crippen LogP contribution is 2.26. The van der Waals surface area contributed by atoms with E-state index in [9.17, 15) is 4.79 Å². The number of para-hydroxylation sites is 1. The first kappa shape index (κ1) is 15.3. The molecule has 3 rings (SSSR count). The molecule has 4 nitrogen and oxygen atoms in total. The lowest BCUT2D eigenvalue weighted by Crippen LogP contribution is -2.47. The second-order valence-electron chi connectivity index (χ2n) is 6.44. The number of hydrogen-bond donors (Lipinski definition) is 1. The predicted octanol–water partition coefficient (Wildman–Crippen LogP) is 2.11. The Morgan fingerprint density at radius 3 is 2.45 bits per heavy atom. The summed E-state index contributed by atoms with van der Waals surface area (Å²) in [7, 11) is 0. The molecule has 1 N–H and O–H groups in total. The third-order valence-electron chi connectivity index (χ3n) is 4.92. The van der Waals surface area contributed by atoms with Crippen LogP contribution < -0.4 is 10.2 Å². The Bertz CT molecular complexity index is 464. The lowest BCUT2D eigenvalue weighted by Gasteiger charge is -2.36. The van der Waals surface area contributed by atoms with Gasteiger partial charge in [-0.3, -0.25) is 9.69 Å². The van der Waals surface area contributed by atoms with Crippen LogP contribution in [0.1, 0.15) is 25.7 Å². The Hall–Kier alpha value is -1.55. The van der Waals surface area contributed by atoms with Crippen molar-refractivity contribution in [2.24, 2.45) is 5.92 Å². The monoisotopic (exact) mass is 301 g/mol. The Morgan fingerprint density at radius 2 is 1.82 bits per heavy atom. The SMILES string of the molecule is O=C(NCCCN1CCN(c2ccccc2)CC1)C1CCC1. The zero-order valence-corrected chi connectivity index (χ0v) is 13.3. The maximum absolute atomic E-state index is 11.7. The molecule has 0 atom stereocenters. The molecule has 22 heavy (non-hydrogen) atoms. The van der Waals surface area contributed by atoms with Crippen LogP contribution in [0.25, 0.3) is 0 Å². The second kappa shape index (κ2) is 7.63. The van der Waals surface area contributed by atoms with Crippen LogP contribution in [0.4, 0.5) is 5.69 Å². The molecule has 4 heteroatoms. The van der Waals surface area contributed by atoms with E-state index in [-0.39, 0.29) is 5.91 Å². The van der Waals surface area contributed by atoms with Crippen molar-refractivity contribution in [3.63, 3.8) is 0 Å². The molecular formula is C18H27N3O. The summed E-state index contributed by atoms with van der Waals surface area (Å²) in [5.74, 6) is 0.592. The lowest BCUT2D eigenvalue weighted by atomic mass is 9.85. The third kappa shape index (κ3) is 4.01.